The van der Waals surface area contributed by atoms with Crippen molar-refractivity contribution in [3.8, 4) is 0 Å². The fourth-order valence-corrected chi connectivity index (χ4v) is 3.97. The van der Waals surface area contributed by atoms with Crippen molar-refractivity contribution < 1.29 is 4.79 Å². The van der Waals surface area contributed by atoms with Crippen molar-refractivity contribution in [3.05, 3.63) is 12.0 Å². The number of unbranched alkanes of at least 4 members (excludes halogenated alkanes) is 1. The summed E-state index contributed by atoms with van der Waals surface area (Å²) < 4.78 is 1.79. The second-order valence-electron chi connectivity index (χ2n) is 7.83. The summed E-state index contributed by atoms with van der Waals surface area (Å²) in [6.45, 7) is 7.78. The smallest absolute Gasteiger partial charge is 0.225 e. The molecule has 0 radical (unpaired) electrons. The molecule has 2 aromatic rings. The fraction of sp³-hybridized carbons (Fsp3) is 0.700. The van der Waals surface area contributed by atoms with E-state index in [1.807, 2.05) is 20.2 Å². The molecule has 2 atom stereocenters. The zero-order valence-electron chi connectivity index (χ0n) is 17.3. The summed E-state index contributed by atoms with van der Waals surface area (Å²) in [4.78, 5) is 26.3. The first-order chi connectivity index (χ1) is 12.9. The number of nitrogens with zero attached hydrogens (tertiary/aromatic N) is 6. The molecule has 148 valence electrons. The van der Waals surface area contributed by atoms with E-state index in [4.69, 9.17) is 4.98 Å². The summed E-state index contributed by atoms with van der Waals surface area (Å²) in [6, 6.07) is 0.263. The molecule has 1 amide bonds. The lowest BCUT2D eigenvalue weighted by atomic mass is 9.99. The zero-order valence-corrected chi connectivity index (χ0v) is 17.3. The predicted molar refractivity (Wildman–Crippen MR) is 108 cm³/mol. The van der Waals surface area contributed by atoms with Gasteiger partial charge in [0.1, 0.15) is 11.6 Å². The Morgan fingerprint density at radius 2 is 2.19 bits per heavy atom. The molecule has 1 aliphatic rings. The van der Waals surface area contributed by atoms with Crippen molar-refractivity contribution in [3.63, 3.8) is 0 Å². The highest BCUT2D eigenvalue weighted by Gasteiger charge is 2.30. The van der Waals surface area contributed by atoms with Crippen molar-refractivity contribution >= 4 is 22.8 Å². The standard InChI is InChI=1S/C20H32N6O/c1-6-7-9-14(2)20(27)26-11-8-10-16(13-26)24(4)18-17-12-21-25(5)19(17)23-15(3)22-18/h12,14,16H,6-11,13H2,1-5H3/t14-,16?/m1/s1. The van der Waals surface area contributed by atoms with E-state index in [-0.39, 0.29) is 12.0 Å². The Balaban J connectivity index is 1.77. The largest absolute Gasteiger partial charge is 0.354 e. The number of aromatic nitrogens is 4. The summed E-state index contributed by atoms with van der Waals surface area (Å²) in [5.74, 6) is 2.06. The topological polar surface area (TPSA) is 67.2 Å². The summed E-state index contributed by atoms with van der Waals surface area (Å²) in [5.41, 5.74) is 0.848. The molecule has 0 bridgehead atoms. The van der Waals surface area contributed by atoms with Gasteiger partial charge in [-0.05, 0) is 26.2 Å². The second kappa shape index (κ2) is 8.23. The quantitative estimate of drug-likeness (QED) is 0.780. The lowest BCUT2D eigenvalue weighted by Crippen LogP contribution is -2.50. The SMILES string of the molecule is CCCC[C@@H](C)C(=O)N1CCCC(N(C)c2nc(C)nc3c2cnn3C)C1. The second-order valence-corrected chi connectivity index (χ2v) is 7.83. The van der Waals surface area contributed by atoms with Gasteiger partial charge in [-0.2, -0.15) is 5.10 Å². The Kier molecular flexibility index (Phi) is 5.97. The fourth-order valence-electron chi connectivity index (χ4n) is 3.97. The third-order valence-corrected chi connectivity index (χ3v) is 5.69. The average molecular weight is 373 g/mol. The molecule has 1 saturated heterocycles. The van der Waals surface area contributed by atoms with Crippen molar-refractivity contribution in [2.75, 3.05) is 25.0 Å². The molecule has 1 aliphatic heterocycles. The van der Waals surface area contributed by atoms with Gasteiger partial charge in [0.2, 0.25) is 5.91 Å². The van der Waals surface area contributed by atoms with Gasteiger partial charge in [0, 0.05) is 39.1 Å². The van der Waals surface area contributed by atoms with Gasteiger partial charge in [0.15, 0.2) is 5.65 Å². The van der Waals surface area contributed by atoms with Crippen LogP contribution in [0.5, 0.6) is 0 Å². The van der Waals surface area contributed by atoms with E-state index >= 15 is 0 Å². The van der Waals surface area contributed by atoms with Gasteiger partial charge in [-0.3, -0.25) is 9.48 Å². The molecule has 0 aliphatic carbocycles. The van der Waals surface area contributed by atoms with E-state index in [0.717, 1.165) is 67.9 Å². The molecule has 0 aromatic carbocycles. The summed E-state index contributed by atoms with van der Waals surface area (Å²) in [5, 5.41) is 5.31. The molecule has 0 saturated carbocycles. The monoisotopic (exact) mass is 372 g/mol. The van der Waals surface area contributed by atoms with Crippen LogP contribution < -0.4 is 4.90 Å². The van der Waals surface area contributed by atoms with Crippen LogP contribution in [0.2, 0.25) is 0 Å². The highest BCUT2D eigenvalue weighted by molar-refractivity contribution is 5.87. The predicted octanol–water partition coefficient (Wildman–Crippen LogP) is 2.93. The van der Waals surface area contributed by atoms with Gasteiger partial charge in [-0.1, -0.05) is 26.7 Å². The van der Waals surface area contributed by atoms with Crippen molar-refractivity contribution in [1.82, 2.24) is 24.6 Å². The summed E-state index contributed by atoms with van der Waals surface area (Å²) in [7, 11) is 3.98. The third kappa shape index (κ3) is 4.06. The van der Waals surface area contributed by atoms with E-state index < -0.39 is 0 Å². The third-order valence-electron chi connectivity index (χ3n) is 5.69. The number of carbonyl (C=O) groups is 1. The Labute approximate surface area is 161 Å². The number of fused-ring (bicyclic) bond motifs is 1. The summed E-state index contributed by atoms with van der Waals surface area (Å²) in [6.07, 6.45) is 7.16. The van der Waals surface area contributed by atoms with Crippen molar-refractivity contribution in [1.29, 1.82) is 0 Å². The number of amides is 1. The molecular weight excluding hydrogens is 340 g/mol. The lowest BCUT2D eigenvalue weighted by molar-refractivity contribution is -0.136. The zero-order chi connectivity index (χ0) is 19.6. The lowest BCUT2D eigenvalue weighted by Gasteiger charge is -2.39. The molecule has 0 spiro atoms. The van der Waals surface area contributed by atoms with E-state index in [9.17, 15) is 4.79 Å². The molecule has 2 aromatic heterocycles. The van der Waals surface area contributed by atoms with Gasteiger partial charge in [-0.15, -0.1) is 0 Å². The van der Waals surface area contributed by atoms with Crippen molar-refractivity contribution in [2.45, 2.75) is 58.9 Å². The van der Waals surface area contributed by atoms with E-state index in [0.29, 0.717) is 5.91 Å². The number of anilines is 1. The van der Waals surface area contributed by atoms with Gasteiger partial charge in [-0.25, -0.2) is 9.97 Å². The van der Waals surface area contributed by atoms with Gasteiger partial charge < -0.3 is 9.80 Å². The van der Waals surface area contributed by atoms with Crippen LogP contribution in [0.1, 0.15) is 51.8 Å². The number of likely N-dealkylation sites (N-methyl/N-ethyl adjacent to an activating group) is 1. The molecule has 27 heavy (non-hydrogen) atoms. The van der Waals surface area contributed by atoms with E-state index in [1.165, 1.54) is 0 Å². The molecule has 7 nitrogen and oxygen atoms in total. The Morgan fingerprint density at radius 3 is 2.93 bits per heavy atom. The maximum atomic E-state index is 12.8. The highest BCUT2D eigenvalue weighted by Crippen LogP contribution is 2.27. The number of aryl methyl sites for hydroxylation is 2. The molecule has 7 heteroatoms. The van der Waals surface area contributed by atoms with Crippen molar-refractivity contribution in [2.24, 2.45) is 13.0 Å². The van der Waals surface area contributed by atoms with Crippen LogP contribution in [0, 0.1) is 12.8 Å². The Hall–Kier alpha value is -2.18. The first-order valence-electron chi connectivity index (χ1n) is 10.1. The number of rotatable bonds is 6. The maximum absolute atomic E-state index is 12.8. The van der Waals surface area contributed by atoms with Crippen LogP contribution in [-0.4, -0.2) is 56.7 Å². The van der Waals surface area contributed by atoms with E-state index in [2.05, 4.69) is 40.8 Å². The number of hydrogen-bond donors (Lipinski definition) is 0. The van der Waals surface area contributed by atoms with Gasteiger partial charge >= 0.3 is 0 Å². The number of hydrogen-bond acceptors (Lipinski definition) is 5. The minimum atomic E-state index is 0.111. The first kappa shape index (κ1) is 19.6. The molecule has 1 unspecified atom stereocenters. The highest BCUT2D eigenvalue weighted by atomic mass is 16.2. The van der Waals surface area contributed by atoms with Crippen LogP contribution in [0.25, 0.3) is 11.0 Å². The maximum Gasteiger partial charge on any atom is 0.225 e. The molecule has 1 fully saturated rings. The van der Waals surface area contributed by atoms with Crippen LogP contribution >= 0.6 is 0 Å². The molecule has 3 rings (SSSR count). The summed E-state index contributed by atoms with van der Waals surface area (Å²) >= 11 is 0. The van der Waals surface area contributed by atoms with Crippen LogP contribution in [0.15, 0.2) is 6.20 Å². The van der Waals surface area contributed by atoms with Crippen LogP contribution in [0.4, 0.5) is 5.82 Å². The van der Waals surface area contributed by atoms with E-state index in [1.54, 1.807) is 4.68 Å². The Morgan fingerprint density at radius 1 is 1.41 bits per heavy atom. The average Bonchev–Trinajstić information content (AvgIpc) is 3.05. The van der Waals surface area contributed by atoms with Gasteiger partial charge in [0.05, 0.1) is 11.6 Å². The first-order valence-corrected chi connectivity index (χ1v) is 10.1. The Bertz CT molecular complexity index is 801. The molecule has 0 N–H and O–H groups in total. The number of likely N-dealkylation sites (tertiary alicyclic amines) is 1. The molecular formula is C20H32N6O. The van der Waals surface area contributed by atoms with Crippen LogP contribution in [0.3, 0.4) is 0 Å². The number of piperidine rings is 1. The minimum Gasteiger partial charge on any atom is -0.354 e. The van der Waals surface area contributed by atoms with Gasteiger partial charge in [0.25, 0.3) is 0 Å². The minimum absolute atomic E-state index is 0.111. The molecule has 3 heterocycles. The normalized spacial score (nSPS) is 18.7. The number of carbonyl (C=O) groups excluding carboxylic acids is 1. The van der Waals surface area contributed by atoms with Crippen LogP contribution in [-0.2, 0) is 11.8 Å².